The third-order valence-electron chi connectivity index (χ3n) is 5.92. The zero-order valence-corrected chi connectivity index (χ0v) is 15.3. The molecule has 28 heavy (non-hydrogen) atoms. The lowest BCUT2D eigenvalue weighted by molar-refractivity contribution is -0.139. The maximum Gasteiger partial charge on any atom is 0.226 e. The molecule has 1 aliphatic heterocycles. The van der Waals surface area contributed by atoms with Crippen molar-refractivity contribution in [1.29, 1.82) is 0 Å². The molecule has 5 rings (SSSR count). The summed E-state index contributed by atoms with van der Waals surface area (Å²) in [5.41, 5.74) is 2.14. The predicted molar refractivity (Wildman–Crippen MR) is 100 cm³/mol. The first-order valence-corrected chi connectivity index (χ1v) is 9.76. The van der Waals surface area contributed by atoms with Crippen molar-refractivity contribution >= 4 is 17.0 Å². The summed E-state index contributed by atoms with van der Waals surface area (Å²) in [4.78, 5) is 19.2. The number of hydrogen-bond acceptors (Lipinski definition) is 3. The van der Waals surface area contributed by atoms with Crippen molar-refractivity contribution in [2.45, 2.75) is 38.1 Å². The minimum atomic E-state index is -0.615. The number of fused-ring (bicyclic) bond motifs is 1. The molecule has 2 aliphatic rings. The average molecular weight is 382 g/mol. The Balaban J connectivity index is 1.47. The summed E-state index contributed by atoms with van der Waals surface area (Å²) in [6, 6.07) is 8.62. The largest absolute Gasteiger partial charge is 0.438 e. The number of rotatable bonds is 3. The van der Waals surface area contributed by atoms with Crippen molar-refractivity contribution in [1.82, 2.24) is 9.88 Å². The van der Waals surface area contributed by atoms with Crippen molar-refractivity contribution in [2.75, 3.05) is 6.54 Å². The van der Waals surface area contributed by atoms with Gasteiger partial charge in [-0.05, 0) is 55.5 Å². The molecule has 1 amide bonds. The summed E-state index contributed by atoms with van der Waals surface area (Å²) in [5.74, 6) is -0.320. The van der Waals surface area contributed by atoms with Gasteiger partial charge in [-0.1, -0.05) is 12.5 Å². The molecule has 0 spiro atoms. The van der Waals surface area contributed by atoms with E-state index < -0.39 is 11.6 Å². The third kappa shape index (κ3) is 2.87. The van der Waals surface area contributed by atoms with Gasteiger partial charge in [-0.2, -0.15) is 0 Å². The maximum atomic E-state index is 14.1. The second-order valence-corrected chi connectivity index (χ2v) is 7.68. The minimum absolute atomic E-state index is 0.133. The summed E-state index contributed by atoms with van der Waals surface area (Å²) in [6.07, 6.45) is 4.85. The van der Waals surface area contributed by atoms with Gasteiger partial charge in [0.2, 0.25) is 11.8 Å². The summed E-state index contributed by atoms with van der Waals surface area (Å²) >= 11 is 0. The Labute approximate surface area is 161 Å². The Hall–Kier alpha value is -2.76. The zero-order valence-electron chi connectivity index (χ0n) is 15.3. The Kier molecular flexibility index (Phi) is 4.14. The van der Waals surface area contributed by atoms with Crippen LogP contribution in [-0.2, 0) is 4.79 Å². The van der Waals surface area contributed by atoms with Crippen LogP contribution in [-0.4, -0.2) is 22.3 Å². The lowest BCUT2D eigenvalue weighted by Gasteiger charge is -2.31. The molecule has 1 saturated heterocycles. The number of likely N-dealkylation sites (tertiary alicyclic amines) is 1. The minimum Gasteiger partial charge on any atom is -0.438 e. The topological polar surface area (TPSA) is 46.3 Å². The third-order valence-corrected chi connectivity index (χ3v) is 5.92. The smallest absolute Gasteiger partial charge is 0.226 e. The van der Waals surface area contributed by atoms with Crippen LogP contribution in [0.5, 0.6) is 0 Å². The normalized spacial score (nSPS) is 19.9. The number of benzene rings is 2. The summed E-state index contributed by atoms with van der Waals surface area (Å²) in [7, 11) is 0. The Morgan fingerprint density at radius 2 is 1.93 bits per heavy atom. The van der Waals surface area contributed by atoms with E-state index >= 15 is 0 Å². The number of carbonyl (C=O) groups excluding carboxylic acids is 1. The summed E-state index contributed by atoms with van der Waals surface area (Å²) < 4.78 is 33.2. The molecule has 1 aromatic heterocycles. The fourth-order valence-electron chi connectivity index (χ4n) is 4.16. The molecule has 3 aromatic rings. The molecule has 6 heteroatoms. The molecule has 0 unspecified atom stereocenters. The van der Waals surface area contributed by atoms with E-state index in [0.29, 0.717) is 28.1 Å². The fourth-order valence-corrected chi connectivity index (χ4v) is 4.16. The van der Waals surface area contributed by atoms with Gasteiger partial charge in [0.15, 0.2) is 5.58 Å². The van der Waals surface area contributed by atoms with Gasteiger partial charge in [-0.3, -0.25) is 4.79 Å². The summed E-state index contributed by atoms with van der Waals surface area (Å²) in [6.45, 7) is 0.741. The SMILES string of the molecule is O=C(C1CCC1)N1CCC[C@@H]1c1nc2cc(-c3ccc(F)cc3F)ccc2o1. The highest BCUT2D eigenvalue weighted by Crippen LogP contribution is 2.38. The van der Waals surface area contributed by atoms with Crippen molar-refractivity contribution in [3.8, 4) is 11.1 Å². The van der Waals surface area contributed by atoms with E-state index in [4.69, 9.17) is 4.42 Å². The molecule has 0 bridgehead atoms. The van der Waals surface area contributed by atoms with Gasteiger partial charge in [0.1, 0.15) is 23.2 Å². The van der Waals surface area contributed by atoms with E-state index in [9.17, 15) is 13.6 Å². The van der Waals surface area contributed by atoms with Crippen LogP contribution in [0.2, 0.25) is 0 Å². The molecule has 1 atom stereocenters. The fraction of sp³-hybridized carbons (Fsp3) is 0.364. The Bertz CT molecular complexity index is 1060. The lowest BCUT2D eigenvalue weighted by Crippen LogP contribution is -2.38. The quantitative estimate of drug-likeness (QED) is 0.623. The first-order valence-electron chi connectivity index (χ1n) is 9.76. The average Bonchev–Trinajstić information content (AvgIpc) is 3.26. The standard InChI is InChI=1S/C22H20F2N2O2/c23-15-7-8-16(17(24)12-15)14-6-9-20-18(11-14)25-21(28-20)19-5-2-10-26(19)22(27)13-3-1-4-13/h6-9,11-13,19H,1-5,10H2/t19-/m1/s1. The number of amides is 1. The van der Waals surface area contributed by atoms with Crippen molar-refractivity contribution in [2.24, 2.45) is 5.92 Å². The van der Waals surface area contributed by atoms with Crippen molar-refractivity contribution in [3.05, 3.63) is 53.9 Å². The van der Waals surface area contributed by atoms with Gasteiger partial charge in [-0.15, -0.1) is 0 Å². The van der Waals surface area contributed by atoms with Gasteiger partial charge in [-0.25, -0.2) is 13.8 Å². The molecule has 4 nitrogen and oxygen atoms in total. The molecular formula is C22H20F2N2O2. The number of hydrogen-bond donors (Lipinski definition) is 0. The highest BCUT2D eigenvalue weighted by Gasteiger charge is 2.38. The predicted octanol–water partition coefficient (Wildman–Crippen LogP) is 5.24. The highest BCUT2D eigenvalue weighted by molar-refractivity contribution is 5.82. The number of carbonyl (C=O) groups is 1. The molecule has 1 saturated carbocycles. The van der Waals surface area contributed by atoms with Gasteiger partial charge in [0, 0.05) is 24.1 Å². The van der Waals surface area contributed by atoms with E-state index in [2.05, 4.69) is 4.98 Å². The molecule has 2 heterocycles. The second-order valence-electron chi connectivity index (χ2n) is 7.68. The monoisotopic (exact) mass is 382 g/mol. The maximum absolute atomic E-state index is 14.1. The highest BCUT2D eigenvalue weighted by atomic mass is 19.1. The van der Waals surface area contributed by atoms with Gasteiger partial charge in [0.05, 0.1) is 0 Å². The van der Waals surface area contributed by atoms with E-state index in [0.717, 1.165) is 44.7 Å². The van der Waals surface area contributed by atoms with E-state index in [1.807, 2.05) is 4.90 Å². The molecule has 2 fully saturated rings. The van der Waals surface area contributed by atoms with E-state index in [-0.39, 0.29) is 17.9 Å². The number of oxazole rings is 1. The van der Waals surface area contributed by atoms with Crippen LogP contribution in [0, 0.1) is 17.6 Å². The molecule has 1 aliphatic carbocycles. The van der Waals surface area contributed by atoms with Crippen molar-refractivity contribution < 1.29 is 18.0 Å². The van der Waals surface area contributed by atoms with Crippen LogP contribution < -0.4 is 0 Å². The van der Waals surface area contributed by atoms with E-state index in [1.165, 1.54) is 12.1 Å². The second kappa shape index (κ2) is 6.69. The molecule has 2 aromatic carbocycles. The van der Waals surface area contributed by atoms with Crippen LogP contribution in [0.25, 0.3) is 22.2 Å². The number of aromatic nitrogens is 1. The van der Waals surface area contributed by atoms with Crippen LogP contribution in [0.1, 0.15) is 44.0 Å². The molecule has 144 valence electrons. The van der Waals surface area contributed by atoms with Crippen LogP contribution >= 0.6 is 0 Å². The zero-order chi connectivity index (χ0) is 19.3. The van der Waals surface area contributed by atoms with Crippen molar-refractivity contribution in [3.63, 3.8) is 0 Å². The van der Waals surface area contributed by atoms with E-state index in [1.54, 1.807) is 18.2 Å². The number of nitrogens with zero attached hydrogens (tertiary/aromatic N) is 2. The Morgan fingerprint density at radius 1 is 1.07 bits per heavy atom. The Morgan fingerprint density at radius 3 is 2.68 bits per heavy atom. The molecule has 0 N–H and O–H groups in total. The van der Waals surface area contributed by atoms with Gasteiger partial charge < -0.3 is 9.32 Å². The van der Waals surface area contributed by atoms with Gasteiger partial charge >= 0.3 is 0 Å². The van der Waals surface area contributed by atoms with Crippen LogP contribution in [0.3, 0.4) is 0 Å². The van der Waals surface area contributed by atoms with Crippen LogP contribution in [0.4, 0.5) is 8.78 Å². The van der Waals surface area contributed by atoms with Crippen LogP contribution in [0.15, 0.2) is 40.8 Å². The molecular weight excluding hydrogens is 362 g/mol. The summed E-state index contributed by atoms with van der Waals surface area (Å²) in [5, 5.41) is 0. The first-order chi connectivity index (χ1) is 13.6. The van der Waals surface area contributed by atoms with Gasteiger partial charge in [0.25, 0.3) is 0 Å². The first kappa shape index (κ1) is 17.3. The molecule has 0 radical (unpaired) electrons. The lowest BCUT2D eigenvalue weighted by atomic mass is 9.84. The number of halogens is 2.